The summed E-state index contributed by atoms with van der Waals surface area (Å²) in [6, 6.07) is 10.7. The van der Waals surface area contributed by atoms with Crippen LogP contribution in [0.1, 0.15) is 17.3 Å². The number of hydrogen-bond donors (Lipinski definition) is 1. The van der Waals surface area contributed by atoms with Crippen molar-refractivity contribution in [2.24, 2.45) is 0 Å². The molecule has 0 unspecified atom stereocenters. The smallest absolute Gasteiger partial charge is 0.261 e. The molecule has 1 N–H and O–H groups in total. The van der Waals surface area contributed by atoms with Crippen molar-refractivity contribution in [2.75, 3.05) is 26.1 Å². The summed E-state index contributed by atoms with van der Waals surface area (Å²) in [5.41, 5.74) is 1.19. The highest BCUT2D eigenvalue weighted by Gasteiger charge is 2.16. The van der Waals surface area contributed by atoms with Gasteiger partial charge in [-0.3, -0.25) is 10.1 Å². The van der Waals surface area contributed by atoms with Crippen molar-refractivity contribution in [1.82, 2.24) is 4.98 Å². The molecule has 1 heterocycles. The van der Waals surface area contributed by atoms with Crippen LogP contribution in [0.3, 0.4) is 0 Å². The summed E-state index contributed by atoms with van der Waals surface area (Å²) in [6.07, 6.45) is 0. The van der Waals surface area contributed by atoms with Crippen LogP contribution in [0.5, 0.6) is 17.2 Å². The molecule has 25 heavy (non-hydrogen) atoms. The molecule has 0 aliphatic carbocycles. The van der Waals surface area contributed by atoms with E-state index in [1.165, 1.54) is 18.4 Å². The summed E-state index contributed by atoms with van der Waals surface area (Å²) in [7, 11) is 3.07. The number of fused-ring (bicyclic) bond motifs is 1. The van der Waals surface area contributed by atoms with Gasteiger partial charge in [-0.2, -0.15) is 0 Å². The van der Waals surface area contributed by atoms with Gasteiger partial charge in [0, 0.05) is 0 Å². The van der Waals surface area contributed by atoms with Gasteiger partial charge in [0.1, 0.15) is 17.2 Å². The first-order valence-electron chi connectivity index (χ1n) is 7.71. The molecule has 0 saturated heterocycles. The first-order chi connectivity index (χ1) is 12.1. The second-order valence-corrected chi connectivity index (χ2v) is 6.13. The molecule has 1 aromatic heterocycles. The van der Waals surface area contributed by atoms with E-state index in [1.54, 1.807) is 25.3 Å². The van der Waals surface area contributed by atoms with Crippen molar-refractivity contribution >= 4 is 32.6 Å². The molecule has 0 spiro atoms. The summed E-state index contributed by atoms with van der Waals surface area (Å²) in [5.74, 6) is 1.53. The Bertz CT molecular complexity index is 907. The van der Waals surface area contributed by atoms with E-state index in [9.17, 15) is 4.79 Å². The number of rotatable bonds is 6. The van der Waals surface area contributed by atoms with Gasteiger partial charge in [-0.1, -0.05) is 11.3 Å². The standard InChI is InChI=1S/C18H18N2O4S/c1-4-24-12-5-7-14-16(10-12)25-18(19-14)20-17(21)13-9-11(22-2)6-8-15(13)23-3/h5-10H,4H2,1-3H3,(H,19,20,21). The van der Waals surface area contributed by atoms with Crippen LogP contribution >= 0.6 is 11.3 Å². The van der Waals surface area contributed by atoms with Crippen molar-refractivity contribution in [1.29, 1.82) is 0 Å². The number of benzene rings is 2. The molecule has 130 valence electrons. The molecule has 0 fully saturated rings. The summed E-state index contributed by atoms with van der Waals surface area (Å²) >= 11 is 1.39. The van der Waals surface area contributed by atoms with E-state index in [4.69, 9.17) is 14.2 Å². The number of carbonyl (C=O) groups excluding carboxylic acids is 1. The van der Waals surface area contributed by atoms with E-state index < -0.39 is 0 Å². The lowest BCUT2D eigenvalue weighted by molar-refractivity contribution is 0.102. The monoisotopic (exact) mass is 358 g/mol. The minimum absolute atomic E-state index is 0.306. The summed E-state index contributed by atoms with van der Waals surface area (Å²) in [4.78, 5) is 17.0. The zero-order valence-corrected chi connectivity index (χ0v) is 15.0. The molecule has 0 atom stereocenters. The van der Waals surface area contributed by atoms with Crippen LogP contribution in [0, 0.1) is 0 Å². The number of aromatic nitrogens is 1. The van der Waals surface area contributed by atoms with E-state index in [0.29, 0.717) is 28.8 Å². The van der Waals surface area contributed by atoms with Crippen molar-refractivity contribution < 1.29 is 19.0 Å². The van der Waals surface area contributed by atoms with Crippen molar-refractivity contribution in [2.45, 2.75) is 6.92 Å². The minimum atomic E-state index is -0.306. The minimum Gasteiger partial charge on any atom is -0.497 e. The van der Waals surface area contributed by atoms with Crippen LogP contribution in [0.4, 0.5) is 5.13 Å². The van der Waals surface area contributed by atoms with Gasteiger partial charge < -0.3 is 14.2 Å². The van der Waals surface area contributed by atoms with Crippen LogP contribution < -0.4 is 19.5 Å². The van der Waals surface area contributed by atoms with Gasteiger partial charge in [-0.25, -0.2) is 4.98 Å². The first-order valence-corrected chi connectivity index (χ1v) is 8.53. The Morgan fingerprint density at radius 3 is 2.64 bits per heavy atom. The highest BCUT2D eigenvalue weighted by Crippen LogP contribution is 2.30. The molecular weight excluding hydrogens is 340 g/mol. The number of nitrogens with zero attached hydrogens (tertiary/aromatic N) is 1. The van der Waals surface area contributed by atoms with E-state index in [2.05, 4.69) is 10.3 Å². The Balaban J connectivity index is 1.86. The lowest BCUT2D eigenvalue weighted by atomic mass is 10.2. The third kappa shape index (κ3) is 3.66. The molecule has 2 aromatic carbocycles. The van der Waals surface area contributed by atoms with E-state index in [-0.39, 0.29) is 5.91 Å². The van der Waals surface area contributed by atoms with Gasteiger partial charge in [0.25, 0.3) is 5.91 Å². The largest absolute Gasteiger partial charge is 0.497 e. The highest BCUT2D eigenvalue weighted by atomic mass is 32.1. The average Bonchev–Trinajstić information content (AvgIpc) is 3.02. The van der Waals surface area contributed by atoms with Gasteiger partial charge in [0.15, 0.2) is 5.13 Å². The van der Waals surface area contributed by atoms with Crippen LogP contribution in [0.25, 0.3) is 10.2 Å². The van der Waals surface area contributed by atoms with Crippen molar-refractivity contribution in [3.8, 4) is 17.2 Å². The summed E-state index contributed by atoms with van der Waals surface area (Å²) in [5, 5.41) is 3.33. The van der Waals surface area contributed by atoms with Crippen LogP contribution in [0.2, 0.25) is 0 Å². The second kappa shape index (κ2) is 7.40. The number of hydrogen-bond acceptors (Lipinski definition) is 6. The Morgan fingerprint density at radius 2 is 1.92 bits per heavy atom. The van der Waals surface area contributed by atoms with Crippen molar-refractivity contribution in [3.05, 3.63) is 42.0 Å². The maximum absolute atomic E-state index is 12.6. The van der Waals surface area contributed by atoms with Gasteiger partial charge in [-0.05, 0) is 43.3 Å². The molecule has 0 saturated carbocycles. The number of ether oxygens (including phenoxy) is 3. The number of anilines is 1. The summed E-state index contributed by atoms with van der Waals surface area (Å²) in [6.45, 7) is 2.54. The Hall–Kier alpha value is -2.80. The van der Waals surface area contributed by atoms with E-state index >= 15 is 0 Å². The average molecular weight is 358 g/mol. The van der Waals surface area contributed by atoms with Gasteiger partial charge >= 0.3 is 0 Å². The molecule has 0 bridgehead atoms. The summed E-state index contributed by atoms with van der Waals surface area (Å²) < 4.78 is 16.9. The lowest BCUT2D eigenvalue weighted by Crippen LogP contribution is -2.13. The zero-order valence-electron chi connectivity index (χ0n) is 14.2. The Labute approximate surface area is 149 Å². The van der Waals surface area contributed by atoms with Crippen LogP contribution in [0.15, 0.2) is 36.4 Å². The first kappa shape index (κ1) is 17.0. The Kier molecular flexibility index (Phi) is 5.04. The number of thiazole rings is 1. The maximum Gasteiger partial charge on any atom is 0.261 e. The predicted octanol–water partition coefficient (Wildman–Crippen LogP) is 3.96. The highest BCUT2D eigenvalue weighted by molar-refractivity contribution is 7.22. The molecule has 3 rings (SSSR count). The zero-order chi connectivity index (χ0) is 17.8. The number of nitrogens with one attached hydrogen (secondary N) is 1. The second-order valence-electron chi connectivity index (χ2n) is 5.10. The van der Waals surface area contributed by atoms with Crippen molar-refractivity contribution in [3.63, 3.8) is 0 Å². The van der Waals surface area contributed by atoms with Gasteiger partial charge in [-0.15, -0.1) is 0 Å². The third-order valence-corrected chi connectivity index (χ3v) is 4.48. The SMILES string of the molecule is CCOc1ccc2nc(NC(=O)c3cc(OC)ccc3OC)sc2c1. The molecule has 0 aliphatic heterocycles. The fourth-order valence-electron chi connectivity index (χ4n) is 2.37. The normalized spacial score (nSPS) is 10.5. The fourth-order valence-corrected chi connectivity index (χ4v) is 3.26. The molecule has 0 radical (unpaired) electrons. The predicted molar refractivity (Wildman–Crippen MR) is 98.3 cm³/mol. The number of carbonyl (C=O) groups is 1. The topological polar surface area (TPSA) is 69.7 Å². The molecule has 3 aromatic rings. The molecule has 1 amide bonds. The van der Waals surface area contributed by atoms with E-state index in [1.807, 2.05) is 25.1 Å². The third-order valence-electron chi connectivity index (χ3n) is 3.54. The number of amides is 1. The number of methoxy groups -OCH3 is 2. The lowest BCUT2D eigenvalue weighted by Gasteiger charge is -2.09. The van der Waals surface area contributed by atoms with Crippen LogP contribution in [-0.4, -0.2) is 31.7 Å². The van der Waals surface area contributed by atoms with E-state index in [0.717, 1.165) is 16.0 Å². The van der Waals surface area contributed by atoms with Gasteiger partial charge in [0.2, 0.25) is 0 Å². The quantitative estimate of drug-likeness (QED) is 0.722. The maximum atomic E-state index is 12.6. The van der Waals surface area contributed by atoms with Crippen LogP contribution in [-0.2, 0) is 0 Å². The molecule has 0 aliphatic rings. The van der Waals surface area contributed by atoms with Gasteiger partial charge in [0.05, 0.1) is 36.6 Å². The molecular formula is C18H18N2O4S. The fraction of sp³-hybridized carbons (Fsp3) is 0.222. The molecule has 6 nitrogen and oxygen atoms in total. The molecule has 7 heteroatoms. The Morgan fingerprint density at radius 1 is 1.12 bits per heavy atom.